The molecule has 4 nitrogen and oxygen atoms in total. The molecule has 1 fully saturated rings. The Morgan fingerprint density at radius 3 is 1.89 bits per heavy atom. The Kier molecular flexibility index (Phi) is 6.39. The first kappa shape index (κ1) is 22.9. The van der Waals surface area contributed by atoms with Gasteiger partial charge in [0.05, 0.1) is 12.1 Å². The number of rotatable bonds is 6. The summed E-state index contributed by atoms with van der Waals surface area (Å²) < 4.78 is 7.08. The minimum absolute atomic E-state index is 0.0688. The van der Waals surface area contributed by atoms with Crippen LogP contribution in [-0.2, 0) is 15.1 Å². The van der Waals surface area contributed by atoms with Crippen molar-refractivity contribution in [3.8, 4) is 0 Å². The van der Waals surface area contributed by atoms with Crippen molar-refractivity contribution in [3.05, 3.63) is 138 Å². The van der Waals surface area contributed by atoms with Gasteiger partial charge in [-0.3, -0.25) is 4.79 Å². The average Bonchev–Trinajstić information content (AvgIpc) is 2.93. The van der Waals surface area contributed by atoms with E-state index in [2.05, 4.69) is 29.6 Å². The second-order valence-electron chi connectivity index (χ2n) is 9.06. The molecule has 1 heterocycles. The minimum Gasteiger partial charge on any atom is -0.375 e. The smallest absolute Gasteiger partial charge is 0.262 e. The van der Waals surface area contributed by atoms with Gasteiger partial charge in [0.2, 0.25) is 0 Å². The zero-order valence-electron chi connectivity index (χ0n) is 20.0. The van der Waals surface area contributed by atoms with Gasteiger partial charge in [0.25, 0.3) is 5.91 Å². The van der Waals surface area contributed by atoms with Crippen LogP contribution in [0, 0.1) is 0 Å². The molecule has 5 rings (SSSR count). The first-order chi connectivity index (χ1) is 17.1. The van der Waals surface area contributed by atoms with Gasteiger partial charge in [-0.15, -0.1) is 0 Å². The maximum atomic E-state index is 14.4. The number of hydrogen-bond donors (Lipinski definition) is 1. The second-order valence-corrected chi connectivity index (χ2v) is 9.06. The molecule has 0 saturated carbocycles. The second kappa shape index (κ2) is 9.77. The summed E-state index contributed by atoms with van der Waals surface area (Å²) in [7, 11) is 1.88. The molecule has 35 heavy (non-hydrogen) atoms. The number of likely N-dealkylation sites (N-methyl/N-ethyl adjacent to an activating group) is 1. The van der Waals surface area contributed by atoms with Crippen LogP contribution in [0.1, 0.15) is 35.8 Å². The molecule has 4 aromatic rings. The fraction of sp³-hybridized carbons (Fsp3) is 0.194. The summed E-state index contributed by atoms with van der Waals surface area (Å²) in [6, 6.07) is 39.6. The number of carbonyl (C=O) groups is 1. The van der Waals surface area contributed by atoms with Gasteiger partial charge < -0.3 is 15.0 Å². The van der Waals surface area contributed by atoms with Crippen molar-refractivity contribution in [1.82, 2.24) is 4.90 Å². The van der Waals surface area contributed by atoms with Crippen LogP contribution in [0.5, 0.6) is 0 Å². The van der Waals surface area contributed by atoms with E-state index in [-0.39, 0.29) is 18.1 Å². The van der Waals surface area contributed by atoms with Crippen LogP contribution >= 0.6 is 0 Å². The molecule has 1 aliphatic heterocycles. The molecular formula is C31H30N2O2. The van der Waals surface area contributed by atoms with Crippen molar-refractivity contribution in [3.63, 3.8) is 0 Å². The van der Waals surface area contributed by atoms with Gasteiger partial charge in [-0.05, 0) is 35.7 Å². The highest BCUT2D eigenvalue weighted by Crippen LogP contribution is 2.49. The van der Waals surface area contributed by atoms with Gasteiger partial charge in [-0.2, -0.15) is 0 Å². The summed E-state index contributed by atoms with van der Waals surface area (Å²) in [6.45, 7) is 2.05. The average molecular weight is 463 g/mol. The first-order valence-corrected chi connectivity index (χ1v) is 12.0. The summed E-state index contributed by atoms with van der Waals surface area (Å²) in [5.41, 5.74) is 2.47. The van der Waals surface area contributed by atoms with Gasteiger partial charge in [-0.25, -0.2) is 0 Å². The molecule has 176 valence electrons. The monoisotopic (exact) mass is 462 g/mol. The number of anilines is 1. The minimum atomic E-state index is -1.29. The van der Waals surface area contributed by atoms with Crippen LogP contribution in [0.2, 0.25) is 0 Å². The largest absolute Gasteiger partial charge is 0.375 e. The highest BCUT2D eigenvalue weighted by atomic mass is 16.5. The summed E-state index contributed by atoms with van der Waals surface area (Å²) in [6.07, 6.45) is -0.303. The lowest BCUT2D eigenvalue weighted by atomic mass is 9.78. The number of nitrogens with zero attached hydrogens (tertiary/aromatic N) is 1. The highest BCUT2D eigenvalue weighted by Gasteiger charge is 2.57. The maximum Gasteiger partial charge on any atom is 0.262 e. The molecule has 0 aromatic heterocycles. The van der Waals surface area contributed by atoms with Crippen LogP contribution in [0.15, 0.2) is 121 Å². The van der Waals surface area contributed by atoms with Crippen LogP contribution in [0.25, 0.3) is 0 Å². The van der Waals surface area contributed by atoms with Crippen LogP contribution in [0.4, 0.5) is 5.69 Å². The predicted octanol–water partition coefficient (Wildman–Crippen LogP) is 6.35. The van der Waals surface area contributed by atoms with E-state index in [4.69, 9.17) is 4.74 Å². The Hall–Kier alpha value is -3.89. The van der Waals surface area contributed by atoms with Gasteiger partial charge in [0.15, 0.2) is 5.60 Å². The van der Waals surface area contributed by atoms with Gasteiger partial charge >= 0.3 is 0 Å². The number of carbonyl (C=O) groups excluding carboxylic acids is 1. The Bertz CT molecular complexity index is 1250. The van der Waals surface area contributed by atoms with E-state index in [1.807, 2.05) is 116 Å². The van der Waals surface area contributed by atoms with Crippen LogP contribution < -0.4 is 5.32 Å². The van der Waals surface area contributed by atoms with Crippen molar-refractivity contribution < 1.29 is 9.53 Å². The van der Waals surface area contributed by atoms with E-state index in [0.717, 1.165) is 22.4 Å². The molecule has 1 saturated heterocycles. The molecule has 4 atom stereocenters. The fourth-order valence-corrected chi connectivity index (χ4v) is 4.99. The van der Waals surface area contributed by atoms with E-state index in [1.54, 1.807) is 0 Å². The fourth-order valence-electron chi connectivity index (χ4n) is 4.99. The normalized spacial score (nSPS) is 23.0. The molecule has 0 spiro atoms. The van der Waals surface area contributed by atoms with Crippen molar-refractivity contribution in [1.29, 1.82) is 0 Å². The van der Waals surface area contributed by atoms with Gasteiger partial charge in [-0.1, -0.05) is 109 Å². The number of morpholine rings is 1. The third-order valence-electron chi connectivity index (χ3n) is 6.95. The lowest BCUT2D eigenvalue weighted by molar-refractivity contribution is -0.203. The molecule has 1 N–H and O–H groups in total. The number of hydrogen-bond acceptors (Lipinski definition) is 3. The Labute approximate surface area is 207 Å². The van der Waals surface area contributed by atoms with Crippen molar-refractivity contribution in [2.75, 3.05) is 12.4 Å². The van der Waals surface area contributed by atoms with E-state index in [1.165, 1.54) is 0 Å². The molecule has 0 aliphatic carbocycles. The number of benzene rings is 4. The Morgan fingerprint density at radius 1 is 0.771 bits per heavy atom. The lowest BCUT2D eigenvalue weighted by Gasteiger charge is -2.51. The Balaban J connectivity index is 1.74. The van der Waals surface area contributed by atoms with Crippen molar-refractivity contribution in [2.24, 2.45) is 0 Å². The summed E-state index contributed by atoms with van der Waals surface area (Å²) in [5, 5.41) is 3.67. The summed E-state index contributed by atoms with van der Waals surface area (Å²) in [4.78, 5) is 16.2. The third-order valence-corrected chi connectivity index (χ3v) is 6.95. The number of para-hydroxylation sites is 1. The number of amides is 1. The molecule has 4 unspecified atom stereocenters. The van der Waals surface area contributed by atoms with E-state index in [9.17, 15) is 4.79 Å². The van der Waals surface area contributed by atoms with E-state index >= 15 is 0 Å². The SMILES string of the molecule is CC1C(c2ccccc2)OC(c2ccccc2)(C(Nc2ccccc2)c2ccccc2)C(=O)N1C. The zero-order chi connectivity index (χ0) is 24.3. The first-order valence-electron chi connectivity index (χ1n) is 12.0. The zero-order valence-corrected chi connectivity index (χ0v) is 20.0. The standard InChI is InChI=1S/C31H30N2O2/c1-23-28(24-15-7-3-8-16-24)35-31(30(34)33(23)2,26-19-11-5-12-20-26)29(25-17-9-4-10-18-25)32-27-21-13-6-14-22-27/h3-23,28-29,32H,1-2H3. The molecular weight excluding hydrogens is 432 g/mol. The van der Waals surface area contributed by atoms with Crippen molar-refractivity contribution in [2.45, 2.75) is 30.7 Å². The topological polar surface area (TPSA) is 41.6 Å². The van der Waals surface area contributed by atoms with Crippen molar-refractivity contribution >= 4 is 11.6 Å². The number of ether oxygens (including phenoxy) is 1. The number of nitrogens with one attached hydrogen (secondary N) is 1. The Morgan fingerprint density at radius 2 is 1.29 bits per heavy atom. The van der Waals surface area contributed by atoms with E-state index < -0.39 is 11.6 Å². The quantitative estimate of drug-likeness (QED) is 0.363. The highest BCUT2D eigenvalue weighted by molar-refractivity contribution is 5.89. The van der Waals surface area contributed by atoms with Crippen LogP contribution in [0.3, 0.4) is 0 Å². The molecule has 1 amide bonds. The van der Waals surface area contributed by atoms with Crippen LogP contribution in [-0.4, -0.2) is 23.9 Å². The lowest BCUT2D eigenvalue weighted by Crippen LogP contribution is -2.61. The van der Waals surface area contributed by atoms with Gasteiger partial charge in [0, 0.05) is 12.7 Å². The maximum absolute atomic E-state index is 14.4. The molecule has 0 radical (unpaired) electrons. The van der Waals surface area contributed by atoms with E-state index in [0.29, 0.717) is 0 Å². The van der Waals surface area contributed by atoms with Gasteiger partial charge in [0.1, 0.15) is 6.10 Å². The molecule has 4 heteroatoms. The molecule has 4 aromatic carbocycles. The molecule has 0 bridgehead atoms. The summed E-state index contributed by atoms with van der Waals surface area (Å²) >= 11 is 0. The summed E-state index contributed by atoms with van der Waals surface area (Å²) in [5.74, 6) is -0.0688. The third kappa shape index (κ3) is 4.22. The predicted molar refractivity (Wildman–Crippen MR) is 140 cm³/mol. The molecule has 1 aliphatic rings.